The highest BCUT2D eigenvalue weighted by Crippen LogP contribution is 2.28. The zero-order valence-corrected chi connectivity index (χ0v) is 19.4. The molecular weight excluding hydrogens is 512 g/mol. The molecule has 1 N–H and O–H groups in total. The predicted molar refractivity (Wildman–Crippen MR) is 125 cm³/mol. The second-order valence-electron chi connectivity index (χ2n) is 6.64. The zero-order chi connectivity index (χ0) is 21.5. The van der Waals surface area contributed by atoms with Crippen LogP contribution in [0.25, 0.3) is 0 Å². The highest BCUT2D eigenvalue weighted by atomic mass is 79.9. The SMILES string of the molecule is CN(Cc1ccccc1)C(=O)c1cccc(NC(=O)COc2ccc(Br)cc2Br)c1. The van der Waals surface area contributed by atoms with Crippen molar-refractivity contribution in [2.75, 3.05) is 19.0 Å². The Morgan fingerprint density at radius 3 is 2.47 bits per heavy atom. The van der Waals surface area contributed by atoms with Crippen molar-refractivity contribution >= 4 is 49.4 Å². The Morgan fingerprint density at radius 2 is 1.73 bits per heavy atom. The molecule has 3 aromatic rings. The third-order valence-corrected chi connectivity index (χ3v) is 5.37. The van der Waals surface area contributed by atoms with Gasteiger partial charge in [-0.2, -0.15) is 0 Å². The molecule has 0 heterocycles. The van der Waals surface area contributed by atoms with Crippen LogP contribution in [0.3, 0.4) is 0 Å². The quantitative estimate of drug-likeness (QED) is 0.438. The molecule has 2 amide bonds. The number of amides is 2. The first kappa shape index (κ1) is 22.1. The summed E-state index contributed by atoms with van der Waals surface area (Å²) in [6, 6.07) is 22.1. The predicted octanol–water partition coefficient (Wildman–Crippen LogP) is 5.50. The van der Waals surface area contributed by atoms with Crippen molar-refractivity contribution < 1.29 is 14.3 Å². The summed E-state index contributed by atoms with van der Waals surface area (Å²) < 4.78 is 7.21. The summed E-state index contributed by atoms with van der Waals surface area (Å²) in [6.45, 7) is 0.360. The number of nitrogens with zero attached hydrogens (tertiary/aromatic N) is 1. The van der Waals surface area contributed by atoms with E-state index in [2.05, 4.69) is 37.2 Å². The fraction of sp³-hybridized carbons (Fsp3) is 0.130. The van der Waals surface area contributed by atoms with Gasteiger partial charge in [0.25, 0.3) is 11.8 Å². The molecule has 30 heavy (non-hydrogen) atoms. The fourth-order valence-corrected chi connectivity index (χ4v) is 3.97. The summed E-state index contributed by atoms with van der Waals surface area (Å²) in [5, 5.41) is 2.77. The fourth-order valence-electron chi connectivity index (χ4n) is 2.81. The molecule has 3 rings (SSSR count). The van der Waals surface area contributed by atoms with Gasteiger partial charge >= 0.3 is 0 Å². The van der Waals surface area contributed by atoms with E-state index < -0.39 is 0 Å². The van der Waals surface area contributed by atoms with Gasteiger partial charge < -0.3 is 15.0 Å². The second-order valence-corrected chi connectivity index (χ2v) is 8.41. The molecular formula is C23H20Br2N2O3. The molecule has 0 aliphatic carbocycles. The average Bonchev–Trinajstić information content (AvgIpc) is 2.73. The van der Waals surface area contributed by atoms with Crippen molar-refractivity contribution in [3.05, 3.63) is 92.9 Å². The molecule has 0 atom stereocenters. The van der Waals surface area contributed by atoms with Crippen LogP contribution in [0, 0.1) is 0 Å². The third kappa shape index (κ3) is 6.18. The number of hydrogen-bond acceptors (Lipinski definition) is 3. The molecule has 0 bridgehead atoms. The number of halogens is 2. The molecule has 0 aromatic heterocycles. The van der Waals surface area contributed by atoms with E-state index in [-0.39, 0.29) is 18.4 Å². The molecule has 0 fully saturated rings. The first-order valence-electron chi connectivity index (χ1n) is 9.19. The molecule has 0 saturated carbocycles. The Balaban J connectivity index is 1.59. The van der Waals surface area contributed by atoms with Crippen LogP contribution in [0.15, 0.2) is 81.7 Å². The van der Waals surface area contributed by atoms with E-state index in [1.807, 2.05) is 42.5 Å². The average molecular weight is 532 g/mol. The molecule has 0 aliphatic heterocycles. The Bertz CT molecular complexity index is 1040. The van der Waals surface area contributed by atoms with Crippen molar-refractivity contribution in [3.8, 4) is 5.75 Å². The van der Waals surface area contributed by atoms with Crippen LogP contribution in [-0.2, 0) is 11.3 Å². The lowest BCUT2D eigenvalue weighted by Gasteiger charge is -2.18. The minimum atomic E-state index is -0.313. The summed E-state index contributed by atoms with van der Waals surface area (Å²) >= 11 is 6.77. The van der Waals surface area contributed by atoms with Gasteiger partial charge in [-0.25, -0.2) is 0 Å². The first-order valence-corrected chi connectivity index (χ1v) is 10.8. The van der Waals surface area contributed by atoms with Gasteiger partial charge in [0.1, 0.15) is 5.75 Å². The van der Waals surface area contributed by atoms with Crippen molar-refractivity contribution in [2.24, 2.45) is 0 Å². The van der Waals surface area contributed by atoms with Gasteiger partial charge in [0.2, 0.25) is 0 Å². The van der Waals surface area contributed by atoms with Gasteiger partial charge in [-0.15, -0.1) is 0 Å². The Kier molecular flexibility index (Phi) is 7.65. The normalized spacial score (nSPS) is 10.4. The Morgan fingerprint density at radius 1 is 0.967 bits per heavy atom. The summed E-state index contributed by atoms with van der Waals surface area (Å²) in [5.41, 5.74) is 2.09. The molecule has 3 aromatic carbocycles. The summed E-state index contributed by atoms with van der Waals surface area (Å²) in [7, 11) is 1.75. The van der Waals surface area contributed by atoms with E-state index in [0.29, 0.717) is 23.5 Å². The number of ether oxygens (including phenoxy) is 1. The van der Waals surface area contributed by atoms with Gasteiger partial charge in [-0.05, 0) is 57.9 Å². The van der Waals surface area contributed by atoms with E-state index in [9.17, 15) is 9.59 Å². The minimum absolute atomic E-state index is 0.120. The standard InChI is InChI=1S/C23H20Br2N2O3/c1-27(14-16-6-3-2-4-7-16)23(29)17-8-5-9-19(12-17)26-22(28)15-30-21-11-10-18(24)13-20(21)25/h2-13H,14-15H2,1H3,(H,26,28). The van der Waals surface area contributed by atoms with Gasteiger partial charge in [-0.3, -0.25) is 9.59 Å². The van der Waals surface area contributed by atoms with E-state index in [1.165, 1.54) is 0 Å². The van der Waals surface area contributed by atoms with Crippen LogP contribution >= 0.6 is 31.9 Å². The van der Waals surface area contributed by atoms with Gasteiger partial charge in [0.15, 0.2) is 6.61 Å². The highest BCUT2D eigenvalue weighted by Gasteiger charge is 2.13. The van der Waals surface area contributed by atoms with Crippen LogP contribution in [0.4, 0.5) is 5.69 Å². The number of rotatable bonds is 7. The lowest BCUT2D eigenvalue weighted by atomic mass is 10.1. The van der Waals surface area contributed by atoms with Crippen molar-refractivity contribution in [1.82, 2.24) is 4.90 Å². The van der Waals surface area contributed by atoms with Crippen molar-refractivity contribution in [3.63, 3.8) is 0 Å². The second kappa shape index (κ2) is 10.4. The molecule has 0 spiro atoms. The van der Waals surface area contributed by atoms with Crippen LogP contribution in [-0.4, -0.2) is 30.4 Å². The monoisotopic (exact) mass is 530 g/mol. The van der Waals surface area contributed by atoms with E-state index in [1.54, 1.807) is 42.3 Å². The van der Waals surface area contributed by atoms with E-state index in [4.69, 9.17) is 4.74 Å². The Hall–Kier alpha value is -2.64. The first-order chi connectivity index (χ1) is 14.4. The zero-order valence-electron chi connectivity index (χ0n) is 16.3. The summed E-state index contributed by atoms with van der Waals surface area (Å²) in [6.07, 6.45) is 0. The molecule has 0 unspecified atom stereocenters. The number of benzene rings is 3. The molecule has 5 nitrogen and oxygen atoms in total. The van der Waals surface area contributed by atoms with Gasteiger partial charge in [0.05, 0.1) is 4.47 Å². The van der Waals surface area contributed by atoms with Crippen LogP contribution < -0.4 is 10.1 Å². The van der Waals surface area contributed by atoms with Crippen LogP contribution in [0.5, 0.6) is 5.75 Å². The maximum absolute atomic E-state index is 12.7. The topological polar surface area (TPSA) is 58.6 Å². The number of anilines is 1. The molecule has 0 saturated heterocycles. The largest absolute Gasteiger partial charge is 0.483 e. The number of carbonyl (C=O) groups excluding carboxylic acids is 2. The van der Waals surface area contributed by atoms with Crippen LogP contribution in [0.1, 0.15) is 15.9 Å². The van der Waals surface area contributed by atoms with Gasteiger partial charge in [0, 0.05) is 29.3 Å². The smallest absolute Gasteiger partial charge is 0.262 e. The van der Waals surface area contributed by atoms with E-state index >= 15 is 0 Å². The number of carbonyl (C=O) groups is 2. The maximum Gasteiger partial charge on any atom is 0.262 e. The summed E-state index contributed by atoms with van der Waals surface area (Å²) in [4.78, 5) is 26.6. The summed E-state index contributed by atoms with van der Waals surface area (Å²) in [5.74, 6) is 0.136. The van der Waals surface area contributed by atoms with Crippen LogP contribution in [0.2, 0.25) is 0 Å². The van der Waals surface area contributed by atoms with Gasteiger partial charge in [-0.1, -0.05) is 52.3 Å². The molecule has 0 radical (unpaired) electrons. The molecule has 154 valence electrons. The lowest BCUT2D eigenvalue weighted by Crippen LogP contribution is -2.26. The van der Waals surface area contributed by atoms with E-state index in [0.717, 1.165) is 14.5 Å². The number of nitrogens with one attached hydrogen (secondary N) is 1. The highest BCUT2D eigenvalue weighted by molar-refractivity contribution is 9.11. The van der Waals surface area contributed by atoms with Crippen molar-refractivity contribution in [2.45, 2.75) is 6.54 Å². The van der Waals surface area contributed by atoms with Crippen molar-refractivity contribution in [1.29, 1.82) is 0 Å². The maximum atomic E-state index is 12.7. The third-order valence-electron chi connectivity index (χ3n) is 4.26. The lowest BCUT2D eigenvalue weighted by molar-refractivity contribution is -0.118. The minimum Gasteiger partial charge on any atom is -0.483 e. The molecule has 0 aliphatic rings. The number of hydrogen-bond donors (Lipinski definition) is 1. The Labute approximate surface area is 192 Å². The molecule has 7 heteroatoms.